The first-order chi connectivity index (χ1) is 15.6. The number of carbonyl (C=O) groups excluding carboxylic acids is 1. The Bertz CT molecular complexity index is 1340. The number of H-pyrrole nitrogens is 1. The molecule has 166 valence electrons. The van der Waals surface area contributed by atoms with E-state index in [0.717, 1.165) is 48.8 Å². The van der Waals surface area contributed by atoms with E-state index < -0.39 is 0 Å². The number of aromatic nitrogens is 4. The zero-order chi connectivity index (χ0) is 22.3. The third-order valence-corrected chi connectivity index (χ3v) is 5.92. The summed E-state index contributed by atoms with van der Waals surface area (Å²) in [6.45, 7) is 2.02. The topological polar surface area (TPSA) is 84.7 Å². The summed E-state index contributed by atoms with van der Waals surface area (Å²) in [5.74, 6) is 0.0700. The number of rotatable bonds is 10. The number of hydrogen-bond acceptors (Lipinski definition) is 4. The summed E-state index contributed by atoms with van der Waals surface area (Å²) in [6, 6.07) is 15.4. The monoisotopic (exact) mass is 449 g/mol. The fraction of sp³-hybridized carbons (Fsp3) is 0.333. The number of carbonyl (C=O) groups is 1. The SMILES string of the molecule is O=C(CCCCCn1c(=S)[nH]c2ccccc2c1=O)NCCCn1cnc2ccccc21. The Labute approximate surface area is 191 Å². The molecular weight excluding hydrogens is 422 g/mol. The van der Waals surface area contributed by atoms with Crippen molar-refractivity contribution in [3.8, 4) is 0 Å². The lowest BCUT2D eigenvalue weighted by molar-refractivity contribution is -0.121. The van der Waals surface area contributed by atoms with Crippen molar-refractivity contribution in [2.45, 2.75) is 45.2 Å². The number of benzene rings is 2. The smallest absolute Gasteiger partial charge is 0.262 e. The largest absolute Gasteiger partial charge is 0.356 e. The van der Waals surface area contributed by atoms with Crippen molar-refractivity contribution in [2.75, 3.05) is 6.54 Å². The summed E-state index contributed by atoms with van der Waals surface area (Å²) in [6.07, 6.45) is 5.65. The fourth-order valence-electron chi connectivity index (χ4n) is 3.89. The van der Waals surface area contributed by atoms with Gasteiger partial charge in [0.2, 0.25) is 5.91 Å². The highest BCUT2D eigenvalue weighted by molar-refractivity contribution is 7.71. The van der Waals surface area contributed by atoms with E-state index in [0.29, 0.717) is 29.7 Å². The number of para-hydroxylation sites is 3. The molecule has 0 aliphatic heterocycles. The minimum Gasteiger partial charge on any atom is -0.356 e. The number of imidazole rings is 1. The summed E-state index contributed by atoms with van der Waals surface area (Å²) in [7, 11) is 0. The highest BCUT2D eigenvalue weighted by Gasteiger charge is 2.06. The Kier molecular flexibility index (Phi) is 7.11. The van der Waals surface area contributed by atoms with Crippen molar-refractivity contribution in [1.82, 2.24) is 24.4 Å². The van der Waals surface area contributed by atoms with E-state index in [1.54, 1.807) is 10.6 Å². The molecule has 0 unspecified atom stereocenters. The number of fused-ring (bicyclic) bond motifs is 2. The summed E-state index contributed by atoms with van der Waals surface area (Å²) in [4.78, 5) is 32.2. The summed E-state index contributed by atoms with van der Waals surface area (Å²) < 4.78 is 4.16. The molecule has 2 heterocycles. The second-order valence-electron chi connectivity index (χ2n) is 7.87. The predicted octanol–water partition coefficient (Wildman–Crippen LogP) is 4.18. The van der Waals surface area contributed by atoms with Crippen molar-refractivity contribution < 1.29 is 4.79 Å². The number of nitrogens with zero attached hydrogens (tertiary/aromatic N) is 3. The minimum absolute atomic E-state index is 0.0623. The molecule has 4 rings (SSSR count). The van der Waals surface area contributed by atoms with Gasteiger partial charge in [0.05, 0.1) is 28.3 Å². The Hall–Kier alpha value is -3.26. The molecule has 2 N–H and O–H groups in total. The maximum atomic E-state index is 12.6. The van der Waals surface area contributed by atoms with Crippen LogP contribution in [0.3, 0.4) is 0 Å². The van der Waals surface area contributed by atoms with Crippen LogP contribution in [0, 0.1) is 4.77 Å². The number of aromatic amines is 1. The third-order valence-electron chi connectivity index (χ3n) is 5.60. The molecular formula is C24H27N5O2S. The average molecular weight is 450 g/mol. The molecule has 0 spiro atoms. The standard InChI is InChI=1S/C24H27N5O2S/c30-22(25-14-8-15-28-17-26-20-11-5-6-12-21(20)28)13-2-1-7-16-29-23(31)18-9-3-4-10-19(18)27-24(29)32/h3-6,9-12,17H,1-2,7-8,13-16H2,(H,25,30)(H,27,32). The molecule has 0 saturated carbocycles. The minimum atomic E-state index is -0.0623. The van der Waals surface area contributed by atoms with Crippen LogP contribution in [0.25, 0.3) is 21.9 Å². The molecule has 32 heavy (non-hydrogen) atoms. The molecule has 8 heteroatoms. The van der Waals surface area contributed by atoms with Gasteiger partial charge in [0.25, 0.3) is 5.56 Å². The van der Waals surface area contributed by atoms with Gasteiger partial charge in [-0.3, -0.25) is 14.2 Å². The van der Waals surface area contributed by atoms with Gasteiger partial charge in [-0.15, -0.1) is 0 Å². The van der Waals surface area contributed by atoms with Crippen molar-refractivity contribution in [1.29, 1.82) is 0 Å². The van der Waals surface area contributed by atoms with Crippen LogP contribution in [0.15, 0.2) is 59.7 Å². The van der Waals surface area contributed by atoms with Gasteiger partial charge in [0.1, 0.15) is 0 Å². The molecule has 0 aliphatic carbocycles. The number of hydrogen-bond donors (Lipinski definition) is 2. The second-order valence-corrected chi connectivity index (χ2v) is 8.26. The zero-order valence-corrected chi connectivity index (χ0v) is 18.7. The van der Waals surface area contributed by atoms with Gasteiger partial charge in [-0.1, -0.05) is 30.7 Å². The van der Waals surface area contributed by atoms with Crippen LogP contribution in [-0.4, -0.2) is 31.6 Å². The van der Waals surface area contributed by atoms with Crippen molar-refractivity contribution in [2.24, 2.45) is 0 Å². The van der Waals surface area contributed by atoms with Crippen molar-refractivity contribution in [3.05, 3.63) is 70.0 Å². The lowest BCUT2D eigenvalue weighted by atomic mass is 10.2. The van der Waals surface area contributed by atoms with E-state index >= 15 is 0 Å². The Morgan fingerprint density at radius 2 is 1.81 bits per heavy atom. The Morgan fingerprint density at radius 1 is 1.00 bits per heavy atom. The van der Waals surface area contributed by atoms with E-state index in [9.17, 15) is 9.59 Å². The number of aryl methyl sites for hydroxylation is 1. The molecule has 4 aromatic rings. The molecule has 0 atom stereocenters. The van der Waals surface area contributed by atoms with E-state index in [2.05, 4.69) is 25.9 Å². The first-order valence-corrected chi connectivity index (χ1v) is 11.4. The lowest BCUT2D eigenvalue weighted by Gasteiger charge is -2.09. The first-order valence-electron chi connectivity index (χ1n) is 11.0. The summed E-state index contributed by atoms with van der Waals surface area (Å²) in [5.41, 5.74) is 2.80. The molecule has 1 amide bonds. The Balaban J connectivity index is 1.15. The van der Waals surface area contributed by atoms with E-state index in [1.165, 1.54) is 0 Å². The van der Waals surface area contributed by atoms with Gasteiger partial charge in [-0.25, -0.2) is 4.98 Å². The van der Waals surface area contributed by atoms with Crippen LogP contribution >= 0.6 is 12.2 Å². The van der Waals surface area contributed by atoms with E-state index in [-0.39, 0.29) is 11.5 Å². The molecule has 0 fully saturated rings. The molecule has 0 radical (unpaired) electrons. The van der Waals surface area contributed by atoms with E-state index in [4.69, 9.17) is 12.2 Å². The second kappa shape index (κ2) is 10.4. The van der Waals surface area contributed by atoms with Gasteiger partial charge >= 0.3 is 0 Å². The third kappa shape index (κ3) is 5.13. The maximum absolute atomic E-state index is 12.6. The van der Waals surface area contributed by atoms with Crippen LogP contribution in [0.5, 0.6) is 0 Å². The van der Waals surface area contributed by atoms with Crippen LogP contribution in [0.4, 0.5) is 0 Å². The Morgan fingerprint density at radius 3 is 2.72 bits per heavy atom. The molecule has 0 bridgehead atoms. The quantitative estimate of drug-likeness (QED) is 0.281. The van der Waals surface area contributed by atoms with E-state index in [1.807, 2.05) is 42.7 Å². The number of nitrogens with one attached hydrogen (secondary N) is 2. The fourth-order valence-corrected chi connectivity index (χ4v) is 4.17. The van der Waals surface area contributed by atoms with Gasteiger partial charge in [-0.05, 0) is 55.7 Å². The maximum Gasteiger partial charge on any atom is 0.262 e. The van der Waals surface area contributed by atoms with Gasteiger partial charge in [-0.2, -0.15) is 0 Å². The normalized spacial score (nSPS) is 11.2. The lowest BCUT2D eigenvalue weighted by Crippen LogP contribution is -2.25. The van der Waals surface area contributed by atoms with Gasteiger partial charge < -0.3 is 14.9 Å². The average Bonchev–Trinajstić information content (AvgIpc) is 3.21. The first kappa shape index (κ1) is 22.0. The van der Waals surface area contributed by atoms with Crippen molar-refractivity contribution in [3.63, 3.8) is 0 Å². The summed E-state index contributed by atoms with van der Waals surface area (Å²) >= 11 is 5.34. The number of unbranched alkanes of at least 4 members (excludes halogenated alkanes) is 2. The molecule has 0 aliphatic rings. The van der Waals surface area contributed by atoms with Gasteiger partial charge in [0, 0.05) is 26.1 Å². The van der Waals surface area contributed by atoms with Crippen LogP contribution in [-0.2, 0) is 17.9 Å². The van der Waals surface area contributed by atoms with Crippen LogP contribution in [0.1, 0.15) is 32.1 Å². The molecule has 2 aromatic carbocycles. The van der Waals surface area contributed by atoms with Crippen molar-refractivity contribution >= 4 is 40.1 Å². The molecule has 0 saturated heterocycles. The molecule has 7 nitrogen and oxygen atoms in total. The van der Waals surface area contributed by atoms with Gasteiger partial charge in [0.15, 0.2) is 4.77 Å². The highest BCUT2D eigenvalue weighted by atomic mass is 32.1. The van der Waals surface area contributed by atoms with Crippen LogP contribution in [0.2, 0.25) is 0 Å². The predicted molar refractivity (Wildman–Crippen MR) is 129 cm³/mol. The summed E-state index contributed by atoms with van der Waals surface area (Å²) in [5, 5.41) is 3.63. The number of amides is 1. The highest BCUT2D eigenvalue weighted by Crippen LogP contribution is 2.12. The zero-order valence-electron chi connectivity index (χ0n) is 17.9. The van der Waals surface area contributed by atoms with Crippen LogP contribution < -0.4 is 10.9 Å². The molecule has 2 aromatic heterocycles.